The lowest BCUT2D eigenvalue weighted by atomic mass is 10.0. The van der Waals surface area contributed by atoms with Crippen LogP contribution in [0.3, 0.4) is 0 Å². The van der Waals surface area contributed by atoms with Crippen molar-refractivity contribution in [2.24, 2.45) is 0 Å². The van der Waals surface area contributed by atoms with Crippen LogP contribution in [0.15, 0.2) is 77.7 Å². The van der Waals surface area contributed by atoms with Gasteiger partial charge in [0.2, 0.25) is 0 Å². The summed E-state index contributed by atoms with van der Waals surface area (Å²) in [7, 11) is -2.42. The molecule has 34 heavy (non-hydrogen) atoms. The van der Waals surface area contributed by atoms with E-state index in [1.807, 2.05) is 50.2 Å². The summed E-state index contributed by atoms with van der Waals surface area (Å²) >= 11 is 0. The predicted octanol–water partition coefficient (Wildman–Crippen LogP) is 3.88. The number of carbonyl (C=O) groups is 1. The van der Waals surface area contributed by atoms with Gasteiger partial charge in [0.05, 0.1) is 24.2 Å². The molecule has 0 aromatic heterocycles. The number of benzene rings is 3. The first-order valence-corrected chi connectivity index (χ1v) is 12.5. The molecule has 1 aliphatic rings. The van der Waals surface area contributed by atoms with Crippen LogP contribution in [0.4, 0.5) is 5.69 Å². The third kappa shape index (κ3) is 4.87. The van der Waals surface area contributed by atoms with E-state index < -0.39 is 16.1 Å². The Hall–Kier alpha value is -3.52. The van der Waals surface area contributed by atoms with Gasteiger partial charge in [-0.05, 0) is 60.4 Å². The number of ether oxygens (including phenoxy) is 2. The highest BCUT2D eigenvalue weighted by Gasteiger charge is 2.37. The zero-order valence-corrected chi connectivity index (χ0v) is 20.2. The number of carbonyl (C=O) groups excluding carboxylic acids is 1. The van der Waals surface area contributed by atoms with Crippen LogP contribution in [0.5, 0.6) is 11.5 Å². The van der Waals surface area contributed by atoms with Crippen LogP contribution < -0.4 is 19.1 Å². The van der Waals surface area contributed by atoms with Crippen LogP contribution in [0.2, 0.25) is 0 Å². The number of nitrogens with zero attached hydrogens (tertiary/aromatic N) is 1. The molecular weight excluding hydrogens is 452 g/mol. The number of fused-ring (bicyclic) bond motifs is 1. The van der Waals surface area contributed by atoms with Crippen molar-refractivity contribution in [3.63, 3.8) is 0 Å². The Kier molecular flexibility index (Phi) is 6.79. The van der Waals surface area contributed by atoms with Crippen LogP contribution in [0.1, 0.15) is 24.0 Å². The molecule has 1 amide bonds. The Morgan fingerprint density at radius 2 is 1.82 bits per heavy atom. The third-order valence-electron chi connectivity index (χ3n) is 5.87. The first kappa shape index (κ1) is 23.6. The normalized spacial score (nSPS) is 16.2. The number of methoxy groups -OCH3 is 1. The van der Waals surface area contributed by atoms with E-state index in [-0.39, 0.29) is 23.3 Å². The van der Waals surface area contributed by atoms with Gasteiger partial charge in [-0.1, -0.05) is 43.3 Å². The number of hydrogen-bond acceptors (Lipinski definition) is 5. The van der Waals surface area contributed by atoms with E-state index in [4.69, 9.17) is 9.47 Å². The van der Waals surface area contributed by atoms with Gasteiger partial charge in [-0.25, -0.2) is 8.42 Å². The third-order valence-corrected chi connectivity index (χ3v) is 7.67. The van der Waals surface area contributed by atoms with Crippen molar-refractivity contribution in [1.29, 1.82) is 0 Å². The average Bonchev–Trinajstić information content (AvgIpc) is 2.86. The summed E-state index contributed by atoms with van der Waals surface area (Å²) < 4.78 is 39.5. The molecule has 1 aliphatic heterocycles. The average molecular weight is 481 g/mol. The fourth-order valence-corrected chi connectivity index (χ4v) is 5.34. The van der Waals surface area contributed by atoms with Crippen LogP contribution in [-0.2, 0) is 14.8 Å². The minimum Gasteiger partial charge on any atom is -0.497 e. The van der Waals surface area contributed by atoms with Gasteiger partial charge in [-0.2, -0.15) is 0 Å². The van der Waals surface area contributed by atoms with E-state index in [2.05, 4.69) is 5.32 Å². The monoisotopic (exact) mass is 480 g/mol. The van der Waals surface area contributed by atoms with E-state index in [0.717, 1.165) is 11.1 Å². The highest BCUT2D eigenvalue weighted by molar-refractivity contribution is 7.92. The Morgan fingerprint density at radius 3 is 2.50 bits per heavy atom. The highest BCUT2D eigenvalue weighted by atomic mass is 32.2. The molecule has 4 rings (SSSR count). The molecule has 7 nitrogen and oxygen atoms in total. The van der Waals surface area contributed by atoms with Crippen molar-refractivity contribution in [1.82, 2.24) is 5.32 Å². The first-order valence-electron chi connectivity index (χ1n) is 11.1. The number of aryl methyl sites for hydroxylation is 1. The quantitative estimate of drug-likeness (QED) is 0.555. The van der Waals surface area contributed by atoms with Gasteiger partial charge >= 0.3 is 0 Å². The maximum Gasteiger partial charge on any atom is 0.264 e. The van der Waals surface area contributed by atoms with E-state index in [0.29, 0.717) is 23.7 Å². The van der Waals surface area contributed by atoms with E-state index in [1.165, 1.54) is 23.5 Å². The van der Waals surface area contributed by atoms with Crippen molar-refractivity contribution in [3.8, 4) is 11.5 Å². The van der Waals surface area contributed by atoms with Gasteiger partial charge in [0.1, 0.15) is 11.5 Å². The number of rotatable bonds is 7. The molecule has 0 aliphatic carbocycles. The lowest BCUT2D eigenvalue weighted by molar-refractivity contribution is -0.127. The first-order chi connectivity index (χ1) is 16.3. The van der Waals surface area contributed by atoms with Crippen molar-refractivity contribution in [3.05, 3.63) is 83.9 Å². The zero-order chi connectivity index (χ0) is 24.3. The van der Waals surface area contributed by atoms with Crippen LogP contribution >= 0.6 is 0 Å². The topological polar surface area (TPSA) is 84.9 Å². The highest BCUT2D eigenvalue weighted by Crippen LogP contribution is 2.38. The fraction of sp³-hybridized carbons (Fsp3) is 0.269. The Balaban J connectivity index is 1.58. The minimum atomic E-state index is -3.94. The predicted molar refractivity (Wildman–Crippen MR) is 131 cm³/mol. The van der Waals surface area contributed by atoms with Crippen molar-refractivity contribution < 1.29 is 22.7 Å². The molecule has 1 N–H and O–H groups in total. The van der Waals surface area contributed by atoms with Gasteiger partial charge in [0.15, 0.2) is 6.10 Å². The molecule has 0 spiro atoms. The summed E-state index contributed by atoms with van der Waals surface area (Å²) in [5.41, 5.74) is 2.41. The number of nitrogens with one attached hydrogen (secondary N) is 1. The second-order valence-electron chi connectivity index (χ2n) is 8.35. The lowest BCUT2D eigenvalue weighted by Gasteiger charge is -2.35. The van der Waals surface area contributed by atoms with E-state index in [9.17, 15) is 13.2 Å². The standard InChI is InChI=1S/C26H28N2O5S/c1-18-9-14-24-23(15-18)28(34(30,31)22-12-10-21(32-3)11-13-22)17-25(33-24)26(29)27-16-19(2)20-7-5-4-6-8-20/h4-15,19,25H,16-17H2,1-3H3,(H,27,29)/t19-,25-/m0/s1. The molecule has 8 heteroatoms. The van der Waals surface area contributed by atoms with Crippen LogP contribution in [0, 0.1) is 6.92 Å². The van der Waals surface area contributed by atoms with Crippen LogP contribution in [-0.4, -0.2) is 40.6 Å². The number of amides is 1. The van der Waals surface area contributed by atoms with Gasteiger partial charge in [-0.3, -0.25) is 9.10 Å². The van der Waals surface area contributed by atoms with Crippen molar-refractivity contribution in [2.45, 2.75) is 30.8 Å². The molecule has 0 radical (unpaired) electrons. The van der Waals surface area contributed by atoms with Crippen molar-refractivity contribution in [2.75, 3.05) is 24.5 Å². The fourth-order valence-electron chi connectivity index (χ4n) is 3.87. The van der Waals surface area contributed by atoms with Gasteiger partial charge in [0, 0.05) is 6.54 Å². The second kappa shape index (κ2) is 9.77. The lowest BCUT2D eigenvalue weighted by Crippen LogP contribution is -2.51. The number of sulfonamides is 1. The minimum absolute atomic E-state index is 0.0998. The number of anilines is 1. The molecule has 0 bridgehead atoms. The Labute approximate surface area is 200 Å². The van der Waals surface area contributed by atoms with Crippen molar-refractivity contribution >= 4 is 21.6 Å². The molecule has 3 aromatic rings. The molecule has 1 heterocycles. The second-order valence-corrected chi connectivity index (χ2v) is 10.2. The van der Waals surface area contributed by atoms with Gasteiger partial charge in [-0.15, -0.1) is 0 Å². The summed E-state index contributed by atoms with van der Waals surface area (Å²) in [6, 6.07) is 21.3. The molecule has 0 saturated carbocycles. The summed E-state index contributed by atoms with van der Waals surface area (Å²) in [6.45, 7) is 4.18. The summed E-state index contributed by atoms with van der Waals surface area (Å²) in [5, 5.41) is 2.92. The van der Waals surface area contributed by atoms with Gasteiger partial charge < -0.3 is 14.8 Å². The smallest absolute Gasteiger partial charge is 0.264 e. The number of hydrogen-bond donors (Lipinski definition) is 1. The largest absolute Gasteiger partial charge is 0.497 e. The molecule has 0 unspecified atom stereocenters. The van der Waals surface area contributed by atoms with E-state index in [1.54, 1.807) is 24.3 Å². The van der Waals surface area contributed by atoms with E-state index >= 15 is 0 Å². The van der Waals surface area contributed by atoms with Gasteiger partial charge in [0.25, 0.3) is 15.9 Å². The maximum atomic E-state index is 13.6. The maximum absolute atomic E-state index is 13.6. The Morgan fingerprint density at radius 1 is 1.12 bits per heavy atom. The SMILES string of the molecule is COc1ccc(S(=O)(=O)N2C[C@@H](C(=O)NC[C@H](C)c3ccccc3)Oc3ccc(C)cc32)cc1. The molecule has 3 aromatic carbocycles. The summed E-state index contributed by atoms with van der Waals surface area (Å²) in [4.78, 5) is 13.1. The Bertz CT molecular complexity index is 1260. The van der Waals surface area contributed by atoms with Crippen LogP contribution in [0.25, 0.3) is 0 Å². The summed E-state index contributed by atoms with van der Waals surface area (Å²) in [5.74, 6) is 0.652. The molecule has 178 valence electrons. The molecule has 2 atom stereocenters. The molecular formula is C26H28N2O5S. The zero-order valence-electron chi connectivity index (χ0n) is 19.4. The molecule has 0 fully saturated rings. The summed E-state index contributed by atoms with van der Waals surface area (Å²) in [6.07, 6.45) is -0.980. The molecule has 0 saturated heterocycles.